The summed E-state index contributed by atoms with van der Waals surface area (Å²) in [6.07, 6.45) is 10.7. The molecule has 0 bridgehead atoms. The second kappa shape index (κ2) is 12.9. The molecule has 250 valence electrons. The van der Waals surface area contributed by atoms with Gasteiger partial charge in [-0.2, -0.15) is 0 Å². The molecule has 1 aromatic carbocycles. The molecule has 2 heterocycles. The molecule has 0 amide bonds. The summed E-state index contributed by atoms with van der Waals surface area (Å²) in [4.78, 5) is 61.6. The van der Waals surface area contributed by atoms with Gasteiger partial charge in [-0.05, 0) is 31.7 Å². The van der Waals surface area contributed by atoms with Crippen LogP contribution >= 0.6 is 0 Å². The van der Waals surface area contributed by atoms with Crippen LogP contribution < -0.4 is 10.1 Å². The van der Waals surface area contributed by atoms with Crippen LogP contribution in [-0.2, 0) is 48.5 Å². The zero-order valence-electron chi connectivity index (χ0n) is 27.1. The quantitative estimate of drug-likeness (QED) is 0.337. The highest BCUT2D eigenvalue weighted by molar-refractivity contribution is 6.25. The third-order valence-electron chi connectivity index (χ3n) is 9.87. The van der Waals surface area contributed by atoms with Crippen molar-refractivity contribution in [2.45, 2.75) is 81.9 Å². The smallest absolute Gasteiger partial charge is 0.344 e. The van der Waals surface area contributed by atoms with Crippen molar-refractivity contribution in [3.63, 3.8) is 0 Å². The summed E-state index contributed by atoms with van der Waals surface area (Å²) in [5.74, 6) is -3.79. The van der Waals surface area contributed by atoms with E-state index in [1.54, 1.807) is 30.3 Å². The lowest BCUT2D eigenvalue weighted by Gasteiger charge is -2.48. The van der Waals surface area contributed by atoms with Crippen molar-refractivity contribution in [1.29, 1.82) is 0 Å². The molecule has 5 aliphatic rings. The summed E-state index contributed by atoms with van der Waals surface area (Å²) < 4.78 is 34.7. The Kier molecular flexibility index (Phi) is 8.86. The van der Waals surface area contributed by atoms with Gasteiger partial charge in [0.2, 0.25) is 16.9 Å². The molecule has 2 fully saturated rings. The maximum Gasteiger partial charge on any atom is 0.344 e. The number of benzene rings is 1. The first-order chi connectivity index (χ1) is 22.8. The van der Waals surface area contributed by atoms with E-state index in [9.17, 15) is 19.2 Å². The Labute approximate surface area is 273 Å². The monoisotopic (exact) mass is 648 g/mol. The number of methoxy groups -OCH3 is 4. The largest absolute Gasteiger partial charge is 0.468 e. The lowest BCUT2D eigenvalue weighted by molar-refractivity contribution is -0.167. The summed E-state index contributed by atoms with van der Waals surface area (Å²) in [5.41, 5.74) is -5.01. The van der Waals surface area contributed by atoms with Gasteiger partial charge in [0.05, 0.1) is 45.8 Å². The topological polar surface area (TPSA) is 148 Å². The molecular weight excluding hydrogens is 608 g/mol. The van der Waals surface area contributed by atoms with Gasteiger partial charge in [0.25, 0.3) is 0 Å². The number of aliphatic imine (C=N–C) groups is 1. The Morgan fingerprint density at radius 3 is 2.04 bits per heavy atom. The minimum absolute atomic E-state index is 0.0161. The molecule has 12 nitrogen and oxygen atoms in total. The van der Waals surface area contributed by atoms with Crippen molar-refractivity contribution in [3.8, 4) is 5.75 Å². The molecule has 0 aromatic heterocycles. The van der Waals surface area contributed by atoms with Gasteiger partial charge < -0.3 is 33.7 Å². The molecule has 12 heteroatoms. The van der Waals surface area contributed by atoms with E-state index in [0.29, 0.717) is 0 Å². The van der Waals surface area contributed by atoms with Gasteiger partial charge in [0.1, 0.15) is 22.7 Å². The first-order valence-corrected chi connectivity index (χ1v) is 16.1. The molecule has 2 saturated carbocycles. The highest BCUT2D eigenvalue weighted by atomic mass is 16.6. The molecule has 6 rings (SSSR count). The Bertz CT molecular complexity index is 1610. The SMILES string of the molecule is COC(=O)C1=C(C(=O)OC)[C@]2(OC1=NC1CCCCC1)c1ccccc1OC1=CC(NC3CCCCC3)=C(C(=O)OC)[C@@]12C(=O)OC. The van der Waals surface area contributed by atoms with E-state index in [-0.39, 0.29) is 57.5 Å². The lowest BCUT2D eigenvalue weighted by Crippen LogP contribution is -2.60. The van der Waals surface area contributed by atoms with Crippen molar-refractivity contribution in [1.82, 2.24) is 5.32 Å². The number of carbonyl (C=O) groups excluding carboxylic acids is 4. The fraction of sp³-hybridized carbons (Fsp3) is 0.514. The van der Waals surface area contributed by atoms with Gasteiger partial charge in [-0.15, -0.1) is 0 Å². The number of fused-ring (bicyclic) bond motifs is 4. The van der Waals surface area contributed by atoms with Crippen LogP contribution in [-0.4, -0.2) is 70.3 Å². The fourth-order valence-electron chi connectivity index (χ4n) is 7.79. The van der Waals surface area contributed by atoms with Crippen LogP contribution in [0.3, 0.4) is 0 Å². The second-order valence-corrected chi connectivity index (χ2v) is 12.4. The van der Waals surface area contributed by atoms with Crippen LogP contribution in [0, 0.1) is 5.41 Å². The van der Waals surface area contributed by atoms with Gasteiger partial charge >= 0.3 is 23.9 Å². The predicted molar refractivity (Wildman–Crippen MR) is 167 cm³/mol. The van der Waals surface area contributed by atoms with E-state index in [0.717, 1.165) is 71.3 Å². The van der Waals surface area contributed by atoms with Crippen molar-refractivity contribution in [2.24, 2.45) is 10.4 Å². The Balaban J connectivity index is 1.74. The molecule has 2 aliphatic heterocycles. The van der Waals surface area contributed by atoms with E-state index in [2.05, 4.69) is 5.32 Å². The molecule has 0 saturated heterocycles. The first-order valence-electron chi connectivity index (χ1n) is 16.1. The molecule has 1 spiro atoms. The highest BCUT2D eigenvalue weighted by Gasteiger charge is 2.78. The predicted octanol–water partition coefficient (Wildman–Crippen LogP) is 4.08. The second-order valence-electron chi connectivity index (χ2n) is 12.4. The maximum atomic E-state index is 14.7. The summed E-state index contributed by atoms with van der Waals surface area (Å²) in [6, 6.07) is 6.41. The average Bonchev–Trinajstić information content (AvgIpc) is 3.61. The normalized spacial score (nSPS) is 26.6. The van der Waals surface area contributed by atoms with Crippen molar-refractivity contribution < 1.29 is 47.6 Å². The van der Waals surface area contributed by atoms with E-state index in [4.69, 9.17) is 33.4 Å². The van der Waals surface area contributed by atoms with Crippen LogP contribution in [0.4, 0.5) is 0 Å². The van der Waals surface area contributed by atoms with Gasteiger partial charge in [0.15, 0.2) is 0 Å². The third-order valence-corrected chi connectivity index (χ3v) is 9.87. The standard InChI is InChI=1S/C35H40N2O10/c1-42-30(38)26-28(32(40)44-3)35(47-29(26)37-21-15-9-6-10-16-21)22-17-11-12-18-24(22)46-25-19-23(36-20-13-7-5-8-14-20)27(31(39)43-2)34(25,35)33(41)45-4/h11-12,17-21,36H,5-10,13-16H2,1-4H3/t34-,35-/m1/s1. The molecule has 47 heavy (non-hydrogen) atoms. The van der Waals surface area contributed by atoms with Crippen LogP contribution in [0.5, 0.6) is 5.75 Å². The number of esters is 4. The van der Waals surface area contributed by atoms with Gasteiger partial charge in [-0.3, -0.25) is 4.79 Å². The summed E-state index contributed by atoms with van der Waals surface area (Å²) >= 11 is 0. The van der Waals surface area contributed by atoms with Crippen molar-refractivity contribution in [2.75, 3.05) is 28.4 Å². The number of allylic oxidation sites excluding steroid dienone is 1. The van der Waals surface area contributed by atoms with Crippen LogP contribution in [0.15, 0.2) is 63.5 Å². The molecule has 1 N–H and O–H groups in total. The van der Waals surface area contributed by atoms with Gasteiger partial charge in [-0.25, -0.2) is 19.4 Å². The van der Waals surface area contributed by atoms with Gasteiger partial charge in [0, 0.05) is 17.7 Å². The third kappa shape index (κ3) is 4.91. The Morgan fingerprint density at radius 2 is 1.40 bits per heavy atom. The highest BCUT2D eigenvalue weighted by Crippen LogP contribution is 2.67. The molecule has 2 atom stereocenters. The summed E-state index contributed by atoms with van der Waals surface area (Å²) in [5, 5.41) is 3.46. The summed E-state index contributed by atoms with van der Waals surface area (Å²) in [7, 11) is 4.69. The minimum Gasteiger partial charge on any atom is -0.468 e. The number of ether oxygens (including phenoxy) is 6. The number of rotatable bonds is 7. The van der Waals surface area contributed by atoms with Gasteiger partial charge in [-0.1, -0.05) is 56.7 Å². The lowest BCUT2D eigenvalue weighted by atomic mass is 9.59. The zero-order chi connectivity index (χ0) is 33.3. The molecule has 3 aliphatic carbocycles. The van der Waals surface area contributed by atoms with Crippen molar-refractivity contribution in [3.05, 3.63) is 64.1 Å². The van der Waals surface area contributed by atoms with Crippen LogP contribution in [0.2, 0.25) is 0 Å². The number of hydrogen-bond donors (Lipinski definition) is 1. The Morgan fingerprint density at radius 1 is 0.787 bits per heavy atom. The minimum atomic E-state index is -2.33. The molecular formula is C35H40N2O10. The number of hydrogen-bond acceptors (Lipinski definition) is 12. The van der Waals surface area contributed by atoms with E-state index in [1.165, 1.54) is 21.3 Å². The Hall–Kier alpha value is -4.61. The van der Waals surface area contributed by atoms with E-state index >= 15 is 0 Å². The summed E-state index contributed by atoms with van der Waals surface area (Å²) in [6.45, 7) is 0. The number of nitrogens with zero attached hydrogens (tertiary/aromatic N) is 1. The van der Waals surface area contributed by atoms with Crippen LogP contribution in [0.1, 0.15) is 69.8 Å². The van der Waals surface area contributed by atoms with E-state index < -0.39 is 34.9 Å². The molecule has 0 radical (unpaired) electrons. The number of para-hydroxylation sites is 1. The number of carbonyl (C=O) groups is 4. The molecule has 0 unspecified atom stereocenters. The van der Waals surface area contributed by atoms with Crippen molar-refractivity contribution >= 4 is 29.8 Å². The number of nitrogens with one attached hydrogen (secondary N) is 1. The van der Waals surface area contributed by atoms with E-state index in [1.807, 2.05) is 0 Å². The maximum absolute atomic E-state index is 14.7. The fourth-order valence-corrected chi connectivity index (χ4v) is 7.79. The molecule has 1 aromatic rings. The average molecular weight is 649 g/mol. The van der Waals surface area contributed by atoms with Crippen LogP contribution in [0.25, 0.3) is 0 Å². The zero-order valence-corrected chi connectivity index (χ0v) is 27.1. The first kappa shape index (κ1) is 32.3.